The van der Waals surface area contributed by atoms with Crippen LogP contribution in [0, 0.1) is 23.3 Å². The molecule has 0 unspecified atom stereocenters. The number of fused-ring (bicyclic) bond motifs is 1. The smallest absolute Gasteiger partial charge is 0.422 e. The number of carbonyl (C=O) groups excluding carboxylic acids is 1. The second-order valence-corrected chi connectivity index (χ2v) is 5.64. The lowest BCUT2D eigenvalue weighted by atomic mass is 10.1. The monoisotopic (exact) mass is 406 g/mol. The van der Waals surface area contributed by atoms with Gasteiger partial charge < -0.3 is 15.0 Å². The highest BCUT2D eigenvalue weighted by Crippen LogP contribution is 2.28. The van der Waals surface area contributed by atoms with E-state index in [0.29, 0.717) is 12.1 Å². The Kier molecular flexibility index (Phi) is 4.92. The van der Waals surface area contributed by atoms with Crippen molar-refractivity contribution in [3.8, 4) is 5.75 Å². The Hall–Kier alpha value is -3.24. The highest BCUT2D eigenvalue weighted by atomic mass is 19.4. The number of nitrogens with one attached hydrogen (secondary N) is 2. The summed E-state index contributed by atoms with van der Waals surface area (Å²) in [4.78, 5) is 14.8. The second-order valence-electron chi connectivity index (χ2n) is 5.64. The first-order valence-electron chi connectivity index (χ1n) is 7.51. The molecule has 0 aliphatic carbocycles. The summed E-state index contributed by atoms with van der Waals surface area (Å²) in [6.45, 7) is -1.91. The predicted octanol–water partition coefficient (Wildman–Crippen LogP) is 4.92. The van der Waals surface area contributed by atoms with Gasteiger partial charge in [-0.15, -0.1) is 0 Å². The van der Waals surface area contributed by atoms with Gasteiger partial charge in [0.25, 0.3) is 5.91 Å². The van der Waals surface area contributed by atoms with Gasteiger partial charge in [-0.2, -0.15) is 13.2 Å². The summed E-state index contributed by atoms with van der Waals surface area (Å²) in [5.41, 5.74) is -0.411. The van der Waals surface area contributed by atoms with Crippen molar-refractivity contribution < 1.29 is 40.3 Å². The zero-order valence-electron chi connectivity index (χ0n) is 13.6. The summed E-state index contributed by atoms with van der Waals surface area (Å²) in [5, 5.41) is 2.34. The third-order valence-corrected chi connectivity index (χ3v) is 3.61. The summed E-state index contributed by atoms with van der Waals surface area (Å²) >= 11 is 0. The van der Waals surface area contributed by atoms with E-state index in [1.54, 1.807) is 0 Å². The minimum atomic E-state index is -4.81. The van der Waals surface area contributed by atoms with Crippen LogP contribution in [0.1, 0.15) is 10.4 Å². The Morgan fingerprint density at radius 1 is 0.964 bits per heavy atom. The molecule has 148 valence electrons. The molecule has 11 heteroatoms. The Balaban J connectivity index is 1.84. The van der Waals surface area contributed by atoms with Crippen molar-refractivity contribution >= 4 is 22.5 Å². The Labute approximate surface area is 151 Å². The maximum absolute atomic E-state index is 13.9. The molecule has 4 nitrogen and oxygen atoms in total. The van der Waals surface area contributed by atoms with E-state index in [2.05, 4.69) is 15.0 Å². The van der Waals surface area contributed by atoms with Crippen molar-refractivity contribution in [2.24, 2.45) is 0 Å². The SMILES string of the molecule is O=C(Nc1c[nH]c2cc(F)c(F)cc12)c1cc(F)c(OCC(F)(F)F)c(F)c1. The third-order valence-electron chi connectivity index (χ3n) is 3.61. The fourth-order valence-electron chi connectivity index (χ4n) is 2.40. The maximum atomic E-state index is 13.9. The van der Waals surface area contributed by atoms with Crippen LogP contribution in [-0.2, 0) is 0 Å². The number of aromatic nitrogens is 1. The normalized spacial score (nSPS) is 11.7. The van der Waals surface area contributed by atoms with Gasteiger partial charge in [0, 0.05) is 23.2 Å². The van der Waals surface area contributed by atoms with E-state index in [1.807, 2.05) is 0 Å². The quantitative estimate of drug-likeness (QED) is 0.605. The second kappa shape index (κ2) is 7.06. The van der Waals surface area contributed by atoms with Gasteiger partial charge in [0.1, 0.15) is 0 Å². The number of anilines is 1. The number of ether oxygens (including phenoxy) is 1. The Morgan fingerprint density at radius 2 is 1.57 bits per heavy atom. The van der Waals surface area contributed by atoms with Crippen molar-refractivity contribution in [1.29, 1.82) is 0 Å². The number of hydrogen-bond donors (Lipinski definition) is 2. The lowest BCUT2D eigenvalue weighted by molar-refractivity contribution is -0.154. The molecule has 1 heterocycles. The Bertz CT molecular complexity index is 1040. The topological polar surface area (TPSA) is 54.1 Å². The summed E-state index contributed by atoms with van der Waals surface area (Å²) < 4.78 is 94.7. The molecule has 2 aromatic carbocycles. The lowest BCUT2D eigenvalue weighted by Gasteiger charge is -2.12. The third kappa shape index (κ3) is 4.02. The molecule has 0 atom stereocenters. The van der Waals surface area contributed by atoms with E-state index in [0.717, 1.165) is 12.1 Å². The van der Waals surface area contributed by atoms with E-state index in [-0.39, 0.29) is 16.6 Å². The molecule has 1 amide bonds. The van der Waals surface area contributed by atoms with Gasteiger partial charge in [-0.05, 0) is 18.2 Å². The number of H-pyrrole nitrogens is 1. The van der Waals surface area contributed by atoms with Crippen LogP contribution in [0.2, 0.25) is 0 Å². The largest absolute Gasteiger partial charge is 0.478 e. The molecule has 0 fully saturated rings. The molecule has 0 radical (unpaired) electrons. The predicted molar refractivity (Wildman–Crippen MR) is 84.1 cm³/mol. The number of rotatable bonds is 4. The zero-order valence-corrected chi connectivity index (χ0v) is 13.6. The summed E-state index contributed by atoms with van der Waals surface area (Å²) in [7, 11) is 0. The van der Waals surface area contributed by atoms with Crippen molar-refractivity contribution in [2.75, 3.05) is 11.9 Å². The van der Waals surface area contributed by atoms with Crippen LogP contribution in [0.5, 0.6) is 5.75 Å². The fraction of sp³-hybridized carbons (Fsp3) is 0.118. The number of alkyl halides is 3. The molecule has 0 saturated heterocycles. The molecule has 0 saturated carbocycles. The molecule has 0 aliphatic heterocycles. The zero-order chi connectivity index (χ0) is 20.6. The molecule has 28 heavy (non-hydrogen) atoms. The minimum absolute atomic E-state index is 0.00267. The highest BCUT2D eigenvalue weighted by molar-refractivity contribution is 6.09. The molecule has 2 N–H and O–H groups in total. The average molecular weight is 406 g/mol. The van der Waals surface area contributed by atoms with Gasteiger partial charge in [-0.3, -0.25) is 4.79 Å². The molecule has 3 aromatic rings. The number of aromatic amines is 1. The number of carbonyl (C=O) groups is 1. The van der Waals surface area contributed by atoms with Crippen LogP contribution >= 0.6 is 0 Å². The summed E-state index contributed by atoms with van der Waals surface area (Å²) in [6, 6.07) is 2.64. The lowest BCUT2D eigenvalue weighted by Crippen LogP contribution is -2.20. The molecule has 0 spiro atoms. The molecule has 0 bridgehead atoms. The standard InChI is InChI=1S/C17H9F7N2O2/c18-9-3-8-13(4-10(9)19)25-5-14(8)26-16(27)7-1-11(20)15(12(21)2-7)28-6-17(22,23)24/h1-5,25H,6H2,(H,26,27). The van der Waals surface area contributed by atoms with Crippen LogP contribution < -0.4 is 10.1 Å². The maximum Gasteiger partial charge on any atom is 0.422 e. The van der Waals surface area contributed by atoms with Crippen molar-refractivity contribution in [2.45, 2.75) is 6.18 Å². The number of hydrogen-bond acceptors (Lipinski definition) is 2. The van der Waals surface area contributed by atoms with Crippen LogP contribution in [0.3, 0.4) is 0 Å². The van der Waals surface area contributed by atoms with Gasteiger partial charge in [0.2, 0.25) is 0 Å². The number of benzene rings is 2. The summed E-state index contributed by atoms with van der Waals surface area (Å²) in [6.07, 6.45) is -3.60. The number of halogens is 7. The van der Waals surface area contributed by atoms with E-state index in [1.165, 1.54) is 6.20 Å². The van der Waals surface area contributed by atoms with Gasteiger partial charge in [-0.1, -0.05) is 0 Å². The minimum Gasteiger partial charge on any atom is -0.478 e. The van der Waals surface area contributed by atoms with Gasteiger partial charge in [0.05, 0.1) is 11.2 Å². The first kappa shape index (κ1) is 19.5. The molecule has 0 aliphatic rings. The Morgan fingerprint density at radius 3 is 2.18 bits per heavy atom. The number of amides is 1. The van der Waals surface area contributed by atoms with Crippen LogP contribution in [0.25, 0.3) is 10.9 Å². The molecule has 1 aromatic heterocycles. The van der Waals surface area contributed by atoms with Gasteiger partial charge in [-0.25, -0.2) is 17.6 Å². The van der Waals surface area contributed by atoms with Crippen LogP contribution in [0.4, 0.5) is 36.4 Å². The average Bonchev–Trinajstić information content (AvgIpc) is 2.95. The molecular weight excluding hydrogens is 397 g/mol. The van der Waals surface area contributed by atoms with Crippen molar-refractivity contribution in [3.05, 3.63) is 59.3 Å². The van der Waals surface area contributed by atoms with E-state index >= 15 is 0 Å². The van der Waals surface area contributed by atoms with Gasteiger partial charge in [0.15, 0.2) is 35.6 Å². The van der Waals surface area contributed by atoms with Crippen LogP contribution in [-0.4, -0.2) is 23.7 Å². The summed E-state index contributed by atoms with van der Waals surface area (Å²) in [5.74, 6) is -7.64. The molecule has 3 rings (SSSR count). The van der Waals surface area contributed by atoms with Crippen molar-refractivity contribution in [3.63, 3.8) is 0 Å². The van der Waals surface area contributed by atoms with E-state index in [9.17, 15) is 35.5 Å². The van der Waals surface area contributed by atoms with Crippen molar-refractivity contribution in [1.82, 2.24) is 4.98 Å². The van der Waals surface area contributed by atoms with Crippen LogP contribution in [0.15, 0.2) is 30.5 Å². The van der Waals surface area contributed by atoms with Gasteiger partial charge >= 0.3 is 6.18 Å². The first-order chi connectivity index (χ1) is 13.0. The van der Waals surface area contributed by atoms with E-state index in [4.69, 9.17) is 0 Å². The van der Waals surface area contributed by atoms with E-state index < -0.39 is 53.3 Å². The highest BCUT2D eigenvalue weighted by Gasteiger charge is 2.30. The first-order valence-corrected chi connectivity index (χ1v) is 7.51. The fourth-order valence-corrected chi connectivity index (χ4v) is 2.40. The molecular formula is C17H9F7N2O2.